The number of amides is 1. The number of nitrogens with zero attached hydrogens (tertiary/aromatic N) is 4. The summed E-state index contributed by atoms with van der Waals surface area (Å²) in [6, 6.07) is 11.3. The average Bonchev–Trinajstić information content (AvgIpc) is 3.12. The molecule has 0 fully saturated rings. The molecule has 0 saturated heterocycles. The van der Waals surface area contributed by atoms with Gasteiger partial charge in [0.2, 0.25) is 0 Å². The van der Waals surface area contributed by atoms with Crippen molar-refractivity contribution in [1.29, 1.82) is 0 Å². The second kappa shape index (κ2) is 5.72. The van der Waals surface area contributed by atoms with Crippen molar-refractivity contribution < 1.29 is 4.79 Å². The lowest BCUT2D eigenvalue weighted by molar-refractivity contribution is 0.0988. The molecule has 0 saturated carbocycles. The third-order valence-electron chi connectivity index (χ3n) is 4.02. The van der Waals surface area contributed by atoms with Crippen LogP contribution in [0, 0.1) is 13.8 Å². The Bertz CT molecular complexity index is 847. The number of carbonyl (C=O) groups excluding carboxylic acids is 1. The minimum atomic E-state index is -0.130. The Hall–Kier alpha value is -2.89. The first kappa shape index (κ1) is 15.0. The third kappa shape index (κ3) is 2.63. The van der Waals surface area contributed by atoms with Crippen LogP contribution in [0.5, 0.6) is 0 Å². The number of carbonyl (C=O) groups is 1. The standard InChI is InChI=1S/C17H19N5O/c1-11-16(12(2)22(4)20-11)14-10-15(19-18-14)17(23)21(3)13-8-6-5-7-9-13/h5-10H,1-4H3,(H,18,19). The summed E-state index contributed by atoms with van der Waals surface area (Å²) in [6.07, 6.45) is 0. The van der Waals surface area contributed by atoms with Gasteiger partial charge in [0.05, 0.1) is 11.4 Å². The largest absolute Gasteiger partial charge is 0.310 e. The van der Waals surface area contributed by atoms with Crippen LogP contribution in [0.15, 0.2) is 36.4 Å². The van der Waals surface area contributed by atoms with Crippen LogP contribution in [0.1, 0.15) is 21.9 Å². The monoisotopic (exact) mass is 309 g/mol. The smallest absolute Gasteiger partial charge is 0.276 e. The number of benzene rings is 1. The molecule has 0 atom stereocenters. The number of hydrogen-bond acceptors (Lipinski definition) is 3. The van der Waals surface area contributed by atoms with Crippen LogP contribution in [0.25, 0.3) is 11.3 Å². The topological polar surface area (TPSA) is 66.8 Å². The zero-order valence-corrected chi connectivity index (χ0v) is 13.7. The first-order chi connectivity index (χ1) is 11.0. The number of nitrogens with one attached hydrogen (secondary N) is 1. The molecule has 2 aromatic heterocycles. The minimum Gasteiger partial charge on any atom is -0.310 e. The molecule has 0 spiro atoms. The van der Waals surface area contributed by atoms with E-state index in [0.717, 1.165) is 28.3 Å². The molecule has 2 heterocycles. The lowest BCUT2D eigenvalue weighted by Crippen LogP contribution is -2.26. The second-order valence-corrected chi connectivity index (χ2v) is 5.54. The first-order valence-electron chi connectivity index (χ1n) is 7.38. The van der Waals surface area contributed by atoms with E-state index < -0.39 is 0 Å². The number of aromatic amines is 1. The highest BCUT2D eigenvalue weighted by Crippen LogP contribution is 2.25. The van der Waals surface area contributed by atoms with Crippen LogP contribution < -0.4 is 4.90 Å². The summed E-state index contributed by atoms with van der Waals surface area (Å²) in [5.74, 6) is -0.130. The van der Waals surface area contributed by atoms with E-state index in [0.29, 0.717) is 5.69 Å². The number of para-hydroxylation sites is 1. The molecule has 0 aliphatic rings. The number of aryl methyl sites for hydroxylation is 2. The van der Waals surface area contributed by atoms with Gasteiger partial charge < -0.3 is 4.90 Å². The van der Waals surface area contributed by atoms with Gasteiger partial charge in [0, 0.05) is 31.0 Å². The number of hydrogen-bond donors (Lipinski definition) is 1. The van der Waals surface area contributed by atoms with Crippen molar-refractivity contribution in [3.8, 4) is 11.3 Å². The van der Waals surface area contributed by atoms with Gasteiger partial charge in [-0.2, -0.15) is 10.2 Å². The Morgan fingerprint density at radius 1 is 1.22 bits per heavy atom. The molecule has 23 heavy (non-hydrogen) atoms. The number of anilines is 1. The van der Waals surface area contributed by atoms with Crippen LogP contribution in [0.3, 0.4) is 0 Å². The summed E-state index contributed by atoms with van der Waals surface area (Å²) in [4.78, 5) is 14.2. The zero-order chi connectivity index (χ0) is 16.6. The van der Waals surface area contributed by atoms with Crippen molar-refractivity contribution in [2.24, 2.45) is 7.05 Å². The summed E-state index contributed by atoms with van der Waals surface area (Å²) < 4.78 is 1.82. The van der Waals surface area contributed by atoms with Crippen molar-refractivity contribution >= 4 is 11.6 Å². The molecule has 0 radical (unpaired) electrons. The molecule has 1 amide bonds. The van der Waals surface area contributed by atoms with Gasteiger partial charge in [0.1, 0.15) is 5.69 Å². The van der Waals surface area contributed by atoms with Crippen LogP contribution in [-0.2, 0) is 7.05 Å². The van der Waals surface area contributed by atoms with Crippen molar-refractivity contribution in [3.05, 3.63) is 53.5 Å². The summed E-state index contributed by atoms with van der Waals surface area (Å²) in [6.45, 7) is 3.93. The summed E-state index contributed by atoms with van der Waals surface area (Å²) in [5.41, 5.74) is 4.90. The van der Waals surface area contributed by atoms with Crippen molar-refractivity contribution in [3.63, 3.8) is 0 Å². The number of rotatable bonds is 3. The van der Waals surface area contributed by atoms with Gasteiger partial charge in [0.15, 0.2) is 0 Å². The summed E-state index contributed by atoms with van der Waals surface area (Å²) >= 11 is 0. The van der Waals surface area contributed by atoms with Gasteiger partial charge in [-0.05, 0) is 32.0 Å². The van der Waals surface area contributed by atoms with Crippen LogP contribution in [0.4, 0.5) is 5.69 Å². The molecular weight excluding hydrogens is 290 g/mol. The summed E-state index contributed by atoms with van der Waals surface area (Å²) in [5, 5.41) is 11.5. The predicted molar refractivity (Wildman–Crippen MR) is 89.4 cm³/mol. The molecule has 3 rings (SSSR count). The maximum atomic E-state index is 12.6. The summed E-state index contributed by atoms with van der Waals surface area (Å²) in [7, 11) is 3.65. The average molecular weight is 309 g/mol. The lowest BCUT2D eigenvalue weighted by atomic mass is 10.1. The van der Waals surface area contributed by atoms with Crippen molar-refractivity contribution in [2.75, 3.05) is 11.9 Å². The van der Waals surface area contributed by atoms with Gasteiger partial charge in [-0.25, -0.2) is 0 Å². The highest BCUT2D eigenvalue weighted by Gasteiger charge is 2.19. The molecule has 0 bridgehead atoms. The van der Waals surface area contributed by atoms with Gasteiger partial charge in [-0.3, -0.25) is 14.6 Å². The van der Waals surface area contributed by atoms with E-state index in [1.165, 1.54) is 0 Å². The normalized spacial score (nSPS) is 10.8. The van der Waals surface area contributed by atoms with Crippen LogP contribution >= 0.6 is 0 Å². The van der Waals surface area contributed by atoms with Gasteiger partial charge >= 0.3 is 0 Å². The molecule has 0 aliphatic carbocycles. The second-order valence-electron chi connectivity index (χ2n) is 5.54. The van der Waals surface area contributed by atoms with E-state index in [-0.39, 0.29) is 5.91 Å². The fourth-order valence-corrected chi connectivity index (χ4v) is 2.65. The molecule has 6 nitrogen and oxygen atoms in total. The molecule has 1 aromatic carbocycles. The van der Waals surface area contributed by atoms with E-state index in [1.54, 1.807) is 18.0 Å². The fourth-order valence-electron chi connectivity index (χ4n) is 2.65. The van der Waals surface area contributed by atoms with E-state index in [1.807, 2.05) is 55.9 Å². The SMILES string of the molecule is Cc1nn(C)c(C)c1-c1cc(C(=O)N(C)c2ccccc2)[nH]n1. The van der Waals surface area contributed by atoms with E-state index >= 15 is 0 Å². The van der Waals surface area contributed by atoms with Gasteiger partial charge in [-0.1, -0.05) is 18.2 Å². The number of H-pyrrole nitrogens is 1. The Morgan fingerprint density at radius 3 is 2.52 bits per heavy atom. The quantitative estimate of drug-likeness (QED) is 0.809. The predicted octanol–water partition coefficient (Wildman–Crippen LogP) is 2.70. The Labute approximate surface area is 134 Å². The van der Waals surface area contributed by atoms with Gasteiger partial charge in [0.25, 0.3) is 5.91 Å². The molecule has 1 N–H and O–H groups in total. The Morgan fingerprint density at radius 2 is 1.91 bits per heavy atom. The maximum absolute atomic E-state index is 12.6. The maximum Gasteiger partial charge on any atom is 0.276 e. The lowest BCUT2D eigenvalue weighted by Gasteiger charge is -2.15. The van der Waals surface area contributed by atoms with Crippen LogP contribution in [0.2, 0.25) is 0 Å². The Balaban J connectivity index is 1.91. The Kier molecular flexibility index (Phi) is 3.73. The molecule has 3 aromatic rings. The molecule has 0 unspecified atom stereocenters. The number of aromatic nitrogens is 4. The molecule has 0 aliphatic heterocycles. The third-order valence-corrected chi connectivity index (χ3v) is 4.02. The minimum absolute atomic E-state index is 0.130. The highest BCUT2D eigenvalue weighted by molar-refractivity contribution is 6.04. The van der Waals surface area contributed by atoms with Crippen molar-refractivity contribution in [1.82, 2.24) is 20.0 Å². The van der Waals surface area contributed by atoms with Gasteiger partial charge in [-0.15, -0.1) is 0 Å². The van der Waals surface area contributed by atoms with E-state index in [9.17, 15) is 4.79 Å². The van der Waals surface area contributed by atoms with E-state index in [4.69, 9.17) is 0 Å². The fraction of sp³-hybridized carbons (Fsp3) is 0.235. The molecule has 118 valence electrons. The highest BCUT2D eigenvalue weighted by atomic mass is 16.2. The molecule has 6 heteroatoms. The first-order valence-corrected chi connectivity index (χ1v) is 7.38. The van der Waals surface area contributed by atoms with Crippen molar-refractivity contribution in [2.45, 2.75) is 13.8 Å². The van der Waals surface area contributed by atoms with E-state index in [2.05, 4.69) is 15.3 Å². The zero-order valence-electron chi connectivity index (χ0n) is 13.7. The van der Waals surface area contributed by atoms with Crippen LogP contribution in [-0.4, -0.2) is 32.9 Å². The molecular formula is C17H19N5O.